The van der Waals surface area contributed by atoms with E-state index >= 15 is 0 Å². The van der Waals surface area contributed by atoms with Gasteiger partial charge in [-0.05, 0) is 23.6 Å². The minimum atomic E-state index is -0.495. The molecule has 0 saturated carbocycles. The van der Waals surface area contributed by atoms with Gasteiger partial charge in [0.05, 0.1) is 20.8 Å². The van der Waals surface area contributed by atoms with E-state index in [2.05, 4.69) is 15.4 Å². The molecule has 0 unspecified atom stereocenters. The van der Waals surface area contributed by atoms with Gasteiger partial charge in [-0.2, -0.15) is 0 Å². The average molecular weight is 320 g/mol. The number of hydrogen-bond donors (Lipinski definition) is 2. The summed E-state index contributed by atoms with van der Waals surface area (Å²) < 4.78 is 9.80. The number of thiophene rings is 1. The number of hydrogen-bond acceptors (Lipinski definition) is 5. The van der Waals surface area contributed by atoms with Gasteiger partial charge in [0.25, 0.3) is 0 Å². The van der Waals surface area contributed by atoms with Crippen molar-refractivity contribution in [1.29, 1.82) is 0 Å². The summed E-state index contributed by atoms with van der Waals surface area (Å²) in [6.45, 7) is 0.459. The molecular weight excluding hydrogens is 304 g/mol. The van der Waals surface area contributed by atoms with Gasteiger partial charge in [-0.25, -0.2) is 9.59 Å². The lowest BCUT2D eigenvalue weighted by atomic mass is 10.2. The molecule has 2 amide bonds. The van der Waals surface area contributed by atoms with Crippen molar-refractivity contribution in [2.24, 2.45) is 0 Å². The van der Waals surface area contributed by atoms with Gasteiger partial charge in [-0.3, -0.25) is 0 Å². The SMILES string of the molecule is COC(=O)c1ccc(NC(=O)NCc2cccs2)cc1OC. The number of anilines is 1. The fourth-order valence-corrected chi connectivity index (χ4v) is 2.45. The highest BCUT2D eigenvalue weighted by Crippen LogP contribution is 2.23. The number of carbonyl (C=O) groups is 2. The first-order valence-corrected chi connectivity index (χ1v) is 7.35. The third kappa shape index (κ3) is 3.98. The molecule has 1 heterocycles. The van der Waals surface area contributed by atoms with Gasteiger partial charge >= 0.3 is 12.0 Å². The highest BCUT2D eigenvalue weighted by Gasteiger charge is 2.13. The summed E-state index contributed by atoms with van der Waals surface area (Å²) in [5.74, 6) is -0.159. The van der Waals surface area contributed by atoms with Gasteiger partial charge in [-0.1, -0.05) is 6.07 Å². The average Bonchev–Trinajstić information content (AvgIpc) is 3.05. The summed E-state index contributed by atoms with van der Waals surface area (Å²) in [7, 11) is 2.74. The number of methoxy groups -OCH3 is 2. The van der Waals surface area contributed by atoms with Crippen molar-refractivity contribution < 1.29 is 19.1 Å². The molecule has 6 nitrogen and oxygen atoms in total. The van der Waals surface area contributed by atoms with E-state index in [0.717, 1.165) is 4.88 Å². The Balaban J connectivity index is 2.00. The Morgan fingerprint density at radius 1 is 1.23 bits per heavy atom. The van der Waals surface area contributed by atoms with Crippen LogP contribution in [0.2, 0.25) is 0 Å². The molecule has 2 N–H and O–H groups in total. The van der Waals surface area contributed by atoms with Crippen LogP contribution >= 0.6 is 11.3 Å². The molecule has 0 atom stereocenters. The Hall–Kier alpha value is -2.54. The molecule has 0 aliphatic heterocycles. The van der Waals surface area contributed by atoms with Crippen LogP contribution in [0.3, 0.4) is 0 Å². The van der Waals surface area contributed by atoms with Crippen molar-refractivity contribution in [3.05, 3.63) is 46.2 Å². The molecule has 0 saturated heterocycles. The van der Waals surface area contributed by atoms with Crippen LogP contribution < -0.4 is 15.4 Å². The van der Waals surface area contributed by atoms with Gasteiger partial charge in [-0.15, -0.1) is 11.3 Å². The number of rotatable bonds is 5. The first-order valence-electron chi connectivity index (χ1n) is 6.47. The lowest BCUT2D eigenvalue weighted by Gasteiger charge is -2.11. The normalized spacial score (nSPS) is 9.91. The lowest BCUT2D eigenvalue weighted by molar-refractivity contribution is 0.0597. The van der Waals surface area contributed by atoms with Crippen molar-refractivity contribution in [3.63, 3.8) is 0 Å². The predicted molar refractivity (Wildman–Crippen MR) is 84.5 cm³/mol. The molecule has 0 bridgehead atoms. The van der Waals surface area contributed by atoms with Crippen LogP contribution in [-0.4, -0.2) is 26.2 Å². The van der Waals surface area contributed by atoms with E-state index in [9.17, 15) is 9.59 Å². The van der Waals surface area contributed by atoms with Crippen molar-refractivity contribution in [1.82, 2.24) is 5.32 Å². The molecule has 0 radical (unpaired) electrons. The van der Waals surface area contributed by atoms with Crippen molar-refractivity contribution in [3.8, 4) is 5.75 Å². The van der Waals surface area contributed by atoms with E-state index in [0.29, 0.717) is 23.5 Å². The first kappa shape index (κ1) is 15.8. The number of urea groups is 1. The second-order valence-corrected chi connectivity index (χ2v) is 5.33. The van der Waals surface area contributed by atoms with Gasteiger partial charge in [0, 0.05) is 16.6 Å². The zero-order valence-corrected chi connectivity index (χ0v) is 13.0. The zero-order chi connectivity index (χ0) is 15.9. The van der Waals surface area contributed by atoms with E-state index in [4.69, 9.17) is 4.74 Å². The third-order valence-electron chi connectivity index (χ3n) is 2.87. The Kier molecular flexibility index (Phi) is 5.37. The predicted octanol–water partition coefficient (Wildman–Crippen LogP) is 2.87. The zero-order valence-electron chi connectivity index (χ0n) is 12.2. The van der Waals surface area contributed by atoms with E-state index in [1.807, 2.05) is 17.5 Å². The summed E-state index contributed by atoms with van der Waals surface area (Å²) >= 11 is 1.57. The van der Waals surface area contributed by atoms with Gasteiger partial charge in [0.1, 0.15) is 11.3 Å². The molecule has 116 valence electrons. The number of amides is 2. The maximum atomic E-state index is 11.8. The van der Waals surface area contributed by atoms with Crippen LogP contribution in [0.1, 0.15) is 15.2 Å². The third-order valence-corrected chi connectivity index (χ3v) is 3.74. The Morgan fingerprint density at radius 3 is 2.68 bits per heavy atom. The first-order chi connectivity index (χ1) is 10.6. The van der Waals surface area contributed by atoms with Crippen LogP contribution in [0.4, 0.5) is 10.5 Å². The fraction of sp³-hybridized carbons (Fsp3) is 0.200. The van der Waals surface area contributed by atoms with Gasteiger partial charge < -0.3 is 20.1 Å². The summed E-state index contributed by atoms with van der Waals surface area (Å²) in [4.78, 5) is 24.5. The number of benzene rings is 1. The van der Waals surface area contributed by atoms with Crippen molar-refractivity contribution in [2.45, 2.75) is 6.54 Å². The lowest BCUT2D eigenvalue weighted by Crippen LogP contribution is -2.27. The van der Waals surface area contributed by atoms with E-state index in [1.54, 1.807) is 29.5 Å². The van der Waals surface area contributed by atoms with E-state index in [-0.39, 0.29) is 6.03 Å². The summed E-state index contributed by atoms with van der Waals surface area (Å²) in [6, 6.07) is 8.26. The van der Waals surface area contributed by atoms with E-state index in [1.165, 1.54) is 14.2 Å². The Bertz CT molecular complexity index is 656. The van der Waals surface area contributed by atoms with Crippen LogP contribution in [0.5, 0.6) is 5.75 Å². The van der Waals surface area contributed by atoms with E-state index < -0.39 is 5.97 Å². The second kappa shape index (κ2) is 7.46. The van der Waals surface area contributed by atoms with Crippen molar-refractivity contribution in [2.75, 3.05) is 19.5 Å². The van der Waals surface area contributed by atoms with Crippen molar-refractivity contribution >= 4 is 29.0 Å². The molecule has 7 heteroatoms. The molecule has 0 aliphatic carbocycles. The molecule has 0 spiro atoms. The maximum Gasteiger partial charge on any atom is 0.341 e. The fourth-order valence-electron chi connectivity index (χ4n) is 1.80. The number of carbonyl (C=O) groups excluding carboxylic acids is 2. The number of ether oxygens (including phenoxy) is 2. The highest BCUT2D eigenvalue weighted by atomic mass is 32.1. The summed E-state index contributed by atoms with van der Waals surface area (Å²) in [5, 5.41) is 7.38. The minimum Gasteiger partial charge on any atom is -0.496 e. The Labute approximate surface area is 132 Å². The molecule has 1 aromatic carbocycles. The molecule has 2 aromatic rings. The quantitative estimate of drug-likeness (QED) is 0.831. The number of nitrogens with one attached hydrogen (secondary N) is 2. The minimum absolute atomic E-state index is 0.301. The van der Waals surface area contributed by atoms with Crippen LogP contribution in [0.25, 0.3) is 0 Å². The van der Waals surface area contributed by atoms with Gasteiger partial charge in [0.15, 0.2) is 0 Å². The molecule has 1 aromatic heterocycles. The topological polar surface area (TPSA) is 76.7 Å². The maximum absolute atomic E-state index is 11.8. The monoisotopic (exact) mass is 320 g/mol. The smallest absolute Gasteiger partial charge is 0.341 e. The second-order valence-electron chi connectivity index (χ2n) is 4.29. The molecule has 0 aliphatic rings. The molecule has 0 fully saturated rings. The van der Waals surface area contributed by atoms with Crippen LogP contribution in [-0.2, 0) is 11.3 Å². The van der Waals surface area contributed by atoms with Gasteiger partial charge in [0.2, 0.25) is 0 Å². The van der Waals surface area contributed by atoms with Crippen LogP contribution in [0.15, 0.2) is 35.7 Å². The highest BCUT2D eigenvalue weighted by molar-refractivity contribution is 7.09. The van der Waals surface area contributed by atoms with Crippen LogP contribution in [0, 0.1) is 0 Å². The largest absolute Gasteiger partial charge is 0.496 e. The summed E-state index contributed by atoms with van der Waals surface area (Å²) in [5.41, 5.74) is 0.822. The molecular formula is C15H16N2O4S. The number of esters is 1. The molecule has 2 rings (SSSR count). The molecule has 22 heavy (non-hydrogen) atoms. The summed E-state index contributed by atoms with van der Waals surface area (Å²) in [6.07, 6.45) is 0. The Morgan fingerprint density at radius 2 is 2.05 bits per heavy atom. The standard InChI is InChI=1S/C15H16N2O4S/c1-20-13-8-10(5-6-12(13)14(18)21-2)17-15(19)16-9-11-4-3-7-22-11/h3-8H,9H2,1-2H3,(H2,16,17,19).